The summed E-state index contributed by atoms with van der Waals surface area (Å²) in [6.07, 6.45) is -2.30. The molecule has 0 aromatic carbocycles. The summed E-state index contributed by atoms with van der Waals surface area (Å²) in [7, 11) is 0. The summed E-state index contributed by atoms with van der Waals surface area (Å²) in [5.74, 6) is -2.34. The third kappa shape index (κ3) is 6.25. The van der Waals surface area contributed by atoms with Gasteiger partial charge in [-0.05, 0) is 0 Å². The number of aliphatic carboxylic acids is 1. The van der Waals surface area contributed by atoms with Crippen molar-refractivity contribution in [1.82, 2.24) is 0 Å². The van der Waals surface area contributed by atoms with E-state index >= 15 is 0 Å². The molecule has 0 amide bonds. The fourth-order valence-corrected chi connectivity index (χ4v) is 0.431. The molecule has 5 nitrogen and oxygen atoms in total. The molecule has 2 N–H and O–H groups in total. The molecule has 0 rings (SSSR count). The van der Waals surface area contributed by atoms with Gasteiger partial charge in [0.05, 0.1) is 6.42 Å². The van der Waals surface area contributed by atoms with Gasteiger partial charge in [-0.15, -0.1) is 0 Å². The van der Waals surface area contributed by atoms with E-state index < -0.39 is 24.5 Å². The molecule has 0 aliphatic rings. The molecule has 0 aromatic heterocycles. The standard InChI is InChI=1S/C4H6O5S.Li.H/c5-2(1-3(6)7)4(8)9-10;;/h2,5,10H,1H2,(H,6,7);;. The predicted molar refractivity (Wildman–Crippen MR) is 40.5 cm³/mol. The van der Waals surface area contributed by atoms with Gasteiger partial charge in [-0.25, -0.2) is 4.79 Å². The van der Waals surface area contributed by atoms with Gasteiger partial charge in [0.1, 0.15) is 0 Å². The fourth-order valence-electron chi connectivity index (χ4n) is 0.310. The van der Waals surface area contributed by atoms with Crippen molar-refractivity contribution in [1.29, 1.82) is 0 Å². The van der Waals surface area contributed by atoms with Crippen LogP contribution >= 0.6 is 12.9 Å². The van der Waals surface area contributed by atoms with Crippen LogP contribution < -0.4 is 0 Å². The third-order valence-electron chi connectivity index (χ3n) is 0.730. The molecule has 0 saturated carbocycles. The van der Waals surface area contributed by atoms with Crippen LogP contribution in [0.4, 0.5) is 0 Å². The molecule has 0 bridgehead atoms. The minimum atomic E-state index is -1.63. The van der Waals surface area contributed by atoms with Gasteiger partial charge in [-0.3, -0.25) is 4.79 Å². The van der Waals surface area contributed by atoms with E-state index in [9.17, 15) is 9.59 Å². The first-order valence-electron chi connectivity index (χ1n) is 2.33. The van der Waals surface area contributed by atoms with Crippen LogP contribution in [0.3, 0.4) is 0 Å². The van der Waals surface area contributed by atoms with Gasteiger partial charge >= 0.3 is 30.8 Å². The number of carboxylic acid groups (broad SMARTS) is 1. The molecular weight excluding hydrogens is 167 g/mol. The Labute approximate surface area is 80.5 Å². The fraction of sp³-hybridized carbons (Fsp3) is 0.500. The van der Waals surface area contributed by atoms with Crippen LogP contribution in [-0.2, 0) is 13.8 Å². The van der Waals surface area contributed by atoms with Gasteiger partial charge in [0.2, 0.25) is 0 Å². The minimum absolute atomic E-state index is 0. The van der Waals surface area contributed by atoms with Crippen molar-refractivity contribution in [3.05, 3.63) is 0 Å². The maximum absolute atomic E-state index is 10.2. The van der Waals surface area contributed by atoms with Gasteiger partial charge < -0.3 is 14.4 Å². The van der Waals surface area contributed by atoms with Crippen LogP contribution in [0.1, 0.15) is 6.42 Å². The predicted octanol–water partition coefficient (Wildman–Crippen LogP) is -1.44. The number of carbonyl (C=O) groups is 2. The van der Waals surface area contributed by atoms with Crippen molar-refractivity contribution < 1.29 is 24.0 Å². The molecular formula is C4H7LiO5S. The van der Waals surface area contributed by atoms with Crippen molar-refractivity contribution in [3.8, 4) is 0 Å². The Morgan fingerprint density at radius 1 is 1.55 bits per heavy atom. The normalized spacial score (nSPS) is 11.1. The summed E-state index contributed by atoms with van der Waals surface area (Å²) in [5, 5.41) is 16.6. The molecule has 0 radical (unpaired) electrons. The van der Waals surface area contributed by atoms with Gasteiger partial charge in [0.25, 0.3) is 0 Å². The Morgan fingerprint density at radius 3 is 2.27 bits per heavy atom. The first-order chi connectivity index (χ1) is 4.57. The van der Waals surface area contributed by atoms with E-state index in [1.807, 2.05) is 0 Å². The molecule has 0 heterocycles. The molecule has 60 valence electrons. The van der Waals surface area contributed by atoms with Gasteiger partial charge in [-0.2, -0.15) is 0 Å². The Kier molecular flexibility index (Phi) is 8.00. The van der Waals surface area contributed by atoms with Gasteiger partial charge in [-0.1, -0.05) is 0 Å². The number of aliphatic hydroxyl groups is 1. The summed E-state index contributed by atoms with van der Waals surface area (Å²) in [6, 6.07) is 0. The van der Waals surface area contributed by atoms with Crippen LogP contribution in [0.25, 0.3) is 0 Å². The molecule has 0 aliphatic carbocycles. The SMILES string of the molecule is O=C(O)CC(O)C(=O)OS.[LiH]. The number of carboxylic acids is 1. The first kappa shape index (κ1) is 13.4. The average molecular weight is 174 g/mol. The quantitative estimate of drug-likeness (QED) is 0.277. The van der Waals surface area contributed by atoms with Crippen LogP contribution in [0.15, 0.2) is 0 Å². The van der Waals surface area contributed by atoms with E-state index in [2.05, 4.69) is 17.1 Å². The van der Waals surface area contributed by atoms with Gasteiger partial charge in [0.15, 0.2) is 6.10 Å². The molecule has 1 unspecified atom stereocenters. The number of hydrogen-bond acceptors (Lipinski definition) is 5. The molecule has 0 spiro atoms. The van der Waals surface area contributed by atoms with Gasteiger partial charge in [0, 0.05) is 12.9 Å². The molecule has 7 heteroatoms. The summed E-state index contributed by atoms with van der Waals surface area (Å²) in [4.78, 5) is 20.1. The Hall–Kier alpha value is -0.153. The summed E-state index contributed by atoms with van der Waals surface area (Å²) < 4.78 is 3.76. The molecule has 0 aliphatic heterocycles. The molecule has 0 fully saturated rings. The third-order valence-corrected chi connectivity index (χ3v) is 0.910. The molecule has 0 aromatic rings. The van der Waals surface area contributed by atoms with E-state index in [1.54, 1.807) is 0 Å². The van der Waals surface area contributed by atoms with Crippen molar-refractivity contribution >= 4 is 43.7 Å². The van der Waals surface area contributed by atoms with E-state index in [1.165, 1.54) is 0 Å². The van der Waals surface area contributed by atoms with Crippen LogP contribution in [-0.4, -0.2) is 47.1 Å². The van der Waals surface area contributed by atoms with Crippen molar-refractivity contribution in [3.63, 3.8) is 0 Å². The number of carbonyl (C=O) groups excluding carboxylic acids is 1. The van der Waals surface area contributed by atoms with Crippen molar-refractivity contribution in [2.45, 2.75) is 12.5 Å². The van der Waals surface area contributed by atoms with E-state index in [-0.39, 0.29) is 18.9 Å². The summed E-state index contributed by atoms with van der Waals surface area (Å²) >= 11 is 3.07. The Morgan fingerprint density at radius 2 is 2.00 bits per heavy atom. The summed E-state index contributed by atoms with van der Waals surface area (Å²) in [5.41, 5.74) is 0. The average Bonchev–Trinajstić information content (AvgIpc) is 1.85. The zero-order chi connectivity index (χ0) is 8.15. The zero-order valence-electron chi connectivity index (χ0n) is 4.85. The first-order valence-corrected chi connectivity index (χ1v) is 2.69. The maximum atomic E-state index is 10.2. The monoisotopic (exact) mass is 174 g/mol. The topological polar surface area (TPSA) is 83.8 Å². The molecule has 11 heavy (non-hydrogen) atoms. The molecule has 0 saturated heterocycles. The molecule has 1 atom stereocenters. The summed E-state index contributed by atoms with van der Waals surface area (Å²) in [6.45, 7) is 0. The number of thiol groups is 1. The zero-order valence-corrected chi connectivity index (χ0v) is 5.75. The van der Waals surface area contributed by atoms with E-state index in [0.29, 0.717) is 0 Å². The van der Waals surface area contributed by atoms with Crippen molar-refractivity contribution in [2.75, 3.05) is 0 Å². The van der Waals surface area contributed by atoms with E-state index in [4.69, 9.17) is 10.2 Å². The Balaban J connectivity index is 0. The second kappa shape index (κ2) is 6.55. The number of aliphatic hydroxyl groups excluding tert-OH is 1. The van der Waals surface area contributed by atoms with Crippen LogP contribution in [0, 0.1) is 0 Å². The van der Waals surface area contributed by atoms with E-state index in [0.717, 1.165) is 0 Å². The second-order valence-corrected chi connectivity index (χ2v) is 1.71. The van der Waals surface area contributed by atoms with Crippen molar-refractivity contribution in [2.24, 2.45) is 0 Å². The second-order valence-electron chi connectivity index (χ2n) is 1.52. The Bertz CT molecular complexity index is 149. The number of hydrogen-bond donors (Lipinski definition) is 3. The van der Waals surface area contributed by atoms with Crippen LogP contribution in [0.2, 0.25) is 0 Å². The number of rotatable bonds is 3. The van der Waals surface area contributed by atoms with Crippen LogP contribution in [0.5, 0.6) is 0 Å².